The van der Waals surface area contributed by atoms with Crippen molar-refractivity contribution >= 4 is 20.6 Å². The van der Waals surface area contributed by atoms with Crippen LogP contribution in [0.25, 0.3) is 10.1 Å². The standard InChI is InChI=1S/C11H10F3S.ClH/c1-2-9-7-8-5-3-4-6-10(8)15(9)11(12,13)14;/h3-7H,2H2,1H3;1H/q+1;/p-1. The molecule has 1 unspecified atom stereocenters. The third-order valence-electron chi connectivity index (χ3n) is 2.30. The van der Waals surface area contributed by atoms with E-state index in [9.17, 15) is 13.2 Å². The molecule has 88 valence electrons. The quantitative estimate of drug-likeness (QED) is 0.689. The van der Waals surface area contributed by atoms with Crippen LogP contribution in [0.4, 0.5) is 13.2 Å². The Morgan fingerprint density at radius 1 is 1.19 bits per heavy atom. The number of fused-ring (bicyclic) bond motifs is 1. The second kappa shape index (κ2) is 4.63. The minimum absolute atomic E-state index is 0. The van der Waals surface area contributed by atoms with E-state index in [0.717, 1.165) is 5.39 Å². The molecule has 0 radical (unpaired) electrons. The number of hydrogen-bond donors (Lipinski definition) is 0. The summed E-state index contributed by atoms with van der Waals surface area (Å²) in [6.07, 6.45) is 0.456. The first-order valence-electron chi connectivity index (χ1n) is 4.64. The summed E-state index contributed by atoms with van der Waals surface area (Å²) in [6.45, 7) is 1.77. The maximum atomic E-state index is 12.8. The Kier molecular flexibility index (Phi) is 3.86. The van der Waals surface area contributed by atoms with E-state index < -0.39 is 16.0 Å². The van der Waals surface area contributed by atoms with Crippen LogP contribution in [0, 0.1) is 0 Å². The van der Waals surface area contributed by atoms with Gasteiger partial charge in [0.2, 0.25) is 0 Å². The number of aryl methyl sites for hydroxylation is 1. The van der Waals surface area contributed by atoms with Crippen molar-refractivity contribution < 1.29 is 25.6 Å². The lowest BCUT2D eigenvalue weighted by Gasteiger charge is -1.97. The summed E-state index contributed by atoms with van der Waals surface area (Å²) in [6, 6.07) is 8.42. The third-order valence-corrected chi connectivity index (χ3v) is 4.50. The molecule has 1 aromatic heterocycles. The van der Waals surface area contributed by atoms with E-state index in [-0.39, 0.29) is 12.4 Å². The SMILES string of the molecule is CCc1cc2ccccc2[s+]1C(F)(F)F.[Cl-]. The van der Waals surface area contributed by atoms with Gasteiger partial charge in [0.1, 0.15) is 0 Å². The van der Waals surface area contributed by atoms with Crippen molar-refractivity contribution in [2.24, 2.45) is 0 Å². The van der Waals surface area contributed by atoms with Gasteiger partial charge in [-0.25, -0.2) is 0 Å². The lowest BCUT2D eigenvalue weighted by Crippen LogP contribution is -3.00. The predicted octanol–water partition coefficient (Wildman–Crippen LogP) is 1.63. The topological polar surface area (TPSA) is 0 Å². The van der Waals surface area contributed by atoms with Crippen LogP contribution in [0.3, 0.4) is 0 Å². The number of halogens is 4. The largest absolute Gasteiger partial charge is 1.00 e. The van der Waals surface area contributed by atoms with Crippen LogP contribution >= 0.6 is 10.5 Å². The third kappa shape index (κ3) is 2.18. The molecule has 1 atom stereocenters. The average molecular weight is 267 g/mol. The second-order valence-electron chi connectivity index (χ2n) is 3.25. The van der Waals surface area contributed by atoms with E-state index >= 15 is 0 Å². The fraction of sp³-hybridized carbons (Fsp3) is 0.273. The van der Waals surface area contributed by atoms with Crippen LogP contribution in [-0.4, -0.2) is 0 Å². The fourth-order valence-corrected chi connectivity index (χ4v) is 3.62. The number of hydrogen-bond acceptors (Lipinski definition) is 0. The van der Waals surface area contributed by atoms with Crippen LogP contribution in [0.5, 0.6) is 0 Å². The van der Waals surface area contributed by atoms with Crippen LogP contribution in [0.2, 0.25) is 0 Å². The zero-order valence-corrected chi connectivity index (χ0v) is 10.1. The molecular formula is C11H10ClF3S. The fourth-order valence-electron chi connectivity index (χ4n) is 1.68. The van der Waals surface area contributed by atoms with Crippen LogP contribution in [-0.2, 0) is 11.9 Å². The first kappa shape index (κ1) is 13.3. The van der Waals surface area contributed by atoms with Gasteiger partial charge < -0.3 is 12.4 Å². The van der Waals surface area contributed by atoms with Crippen molar-refractivity contribution in [3.63, 3.8) is 0 Å². The minimum atomic E-state index is -4.14. The molecule has 2 rings (SSSR count). The Bertz CT molecular complexity index is 487. The molecule has 16 heavy (non-hydrogen) atoms. The molecule has 0 aliphatic rings. The van der Waals surface area contributed by atoms with Gasteiger partial charge in [-0.3, -0.25) is 0 Å². The Morgan fingerprint density at radius 3 is 2.38 bits per heavy atom. The molecule has 0 saturated carbocycles. The highest BCUT2D eigenvalue weighted by Gasteiger charge is 2.47. The summed E-state index contributed by atoms with van der Waals surface area (Å²) >= 11 is 0. The number of benzene rings is 1. The summed E-state index contributed by atoms with van der Waals surface area (Å²) < 4.78 is 39.0. The van der Waals surface area contributed by atoms with E-state index in [1.807, 2.05) is 0 Å². The molecular weight excluding hydrogens is 257 g/mol. The zero-order valence-electron chi connectivity index (χ0n) is 8.51. The average Bonchev–Trinajstić information content (AvgIpc) is 2.54. The molecule has 1 heterocycles. The highest BCUT2D eigenvalue weighted by atomic mass is 35.5. The molecule has 0 spiro atoms. The van der Waals surface area contributed by atoms with Crippen molar-refractivity contribution in [1.82, 2.24) is 0 Å². The van der Waals surface area contributed by atoms with Gasteiger partial charge in [-0.15, -0.1) is 13.2 Å². The molecule has 0 aliphatic heterocycles. The molecule has 0 saturated heterocycles. The molecule has 5 heteroatoms. The van der Waals surface area contributed by atoms with Gasteiger partial charge in [0.25, 0.3) is 0 Å². The number of alkyl halides is 3. The van der Waals surface area contributed by atoms with E-state index in [1.165, 1.54) is 0 Å². The van der Waals surface area contributed by atoms with Gasteiger partial charge >= 0.3 is 5.51 Å². The van der Waals surface area contributed by atoms with Gasteiger partial charge in [0.05, 0.1) is 10.5 Å². The summed E-state index contributed by atoms with van der Waals surface area (Å²) in [7, 11) is -1.70. The highest BCUT2D eigenvalue weighted by molar-refractivity contribution is 7.38. The zero-order chi connectivity index (χ0) is 11.1. The summed E-state index contributed by atoms with van der Waals surface area (Å²) in [5, 5.41) is 0.718. The van der Waals surface area contributed by atoms with E-state index in [2.05, 4.69) is 0 Å². The van der Waals surface area contributed by atoms with Crippen molar-refractivity contribution in [3.05, 3.63) is 35.2 Å². The molecule has 0 bridgehead atoms. The van der Waals surface area contributed by atoms with E-state index in [4.69, 9.17) is 0 Å². The maximum absolute atomic E-state index is 12.8. The Hall–Kier alpha value is -0.740. The lowest BCUT2D eigenvalue weighted by atomic mass is 10.2. The van der Waals surface area contributed by atoms with Gasteiger partial charge in [0.15, 0.2) is 9.58 Å². The Labute approximate surface area is 100 Å². The van der Waals surface area contributed by atoms with Crippen LogP contribution in [0.15, 0.2) is 30.3 Å². The minimum Gasteiger partial charge on any atom is -1.00 e. The first-order valence-corrected chi connectivity index (χ1v) is 5.87. The highest BCUT2D eigenvalue weighted by Crippen LogP contribution is 2.50. The molecule has 0 amide bonds. The molecule has 0 N–H and O–H groups in total. The molecule has 0 nitrogen and oxygen atoms in total. The van der Waals surface area contributed by atoms with Gasteiger partial charge in [-0.1, -0.05) is 19.1 Å². The van der Waals surface area contributed by atoms with Gasteiger partial charge in [0, 0.05) is 17.9 Å². The molecule has 1 aromatic carbocycles. The van der Waals surface area contributed by atoms with E-state index in [1.54, 1.807) is 37.3 Å². The summed E-state index contributed by atoms with van der Waals surface area (Å²) in [5.74, 6) is 0. The van der Waals surface area contributed by atoms with Crippen molar-refractivity contribution in [2.45, 2.75) is 18.9 Å². The lowest BCUT2D eigenvalue weighted by molar-refractivity contribution is -0.0867. The van der Waals surface area contributed by atoms with E-state index in [0.29, 0.717) is 16.0 Å². The van der Waals surface area contributed by atoms with Crippen molar-refractivity contribution in [2.75, 3.05) is 0 Å². The Morgan fingerprint density at radius 2 is 1.81 bits per heavy atom. The summed E-state index contributed by atoms with van der Waals surface area (Å²) in [5.41, 5.74) is -4.14. The summed E-state index contributed by atoms with van der Waals surface area (Å²) in [4.78, 5) is 0.490. The van der Waals surface area contributed by atoms with Gasteiger partial charge in [-0.05, 0) is 12.1 Å². The van der Waals surface area contributed by atoms with Gasteiger partial charge in [-0.2, -0.15) is 0 Å². The van der Waals surface area contributed by atoms with Crippen molar-refractivity contribution in [3.8, 4) is 0 Å². The normalized spacial score (nSPS) is 12.6. The first-order chi connectivity index (χ1) is 7.04. The van der Waals surface area contributed by atoms with Crippen LogP contribution in [0.1, 0.15) is 11.8 Å². The second-order valence-corrected chi connectivity index (χ2v) is 5.29. The number of thiophene rings is 1. The molecule has 0 fully saturated rings. The predicted molar refractivity (Wildman–Crippen MR) is 57.1 cm³/mol. The van der Waals surface area contributed by atoms with Crippen molar-refractivity contribution in [1.29, 1.82) is 0 Å². The Balaban J connectivity index is 0.00000128. The monoisotopic (exact) mass is 266 g/mol. The van der Waals surface area contributed by atoms with Crippen LogP contribution < -0.4 is 12.4 Å². The number of rotatable bonds is 1. The maximum Gasteiger partial charge on any atom is 0.600 e. The molecule has 0 aliphatic carbocycles. The smallest absolute Gasteiger partial charge is 0.600 e. The molecule has 2 aromatic rings.